The lowest BCUT2D eigenvalue weighted by molar-refractivity contribution is -0.144. The number of hydrogen-bond donors (Lipinski definition) is 3. The molecule has 0 aromatic carbocycles. The minimum Gasteiger partial charge on any atom is -0.479 e. The van der Waals surface area contributed by atoms with Gasteiger partial charge in [0.2, 0.25) is 0 Å². The molecular weight excluding hydrogens is 200 g/mol. The van der Waals surface area contributed by atoms with Crippen molar-refractivity contribution in [3.05, 3.63) is 0 Å². The summed E-state index contributed by atoms with van der Waals surface area (Å²) in [6.07, 6.45) is 5.20. The van der Waals surface area contributed by atoms with Crippen molar-refractivity contribution in [1.82, 2.24) is 10.6 Å². The van der Waals surface area contributed by atoms with Crippen LogP contribution in [-0.4, -0.2) is 42.4 Å². The maximum atomic E-state index is 11.2. The van der Waals surface area contributed by atoms with Gasteiger partial charge in [0.1, 0.15) is 0 Å². The molecular formula is C9H12N2O4. The molecule has 1 saturated heterocycles. The number of carbonyl (C=O) groups excluding carboxylic acids is 1. The van der Waals surface area contributed by atoms with Gasteiger partial charge in [0, 0.05) is 13.0 Å². The molecule has 3 N–H and O–H groups in total. The summed E-state index contributed by atoms with van der Waals surface area (Å²) in [5.41, 5.74) is -1.32. The monoisotopic (exact) mass is 212 g/mol. The quantitative estimate of drug-likeness (QED) is 0.532. The molecule has 1 rings (SSSR count). The van der Waals surface area contributed by atoms with Crippen molar-refractivity contribution >= 4 is 12.0 Å². The number of urea groups is 1. The molecule has 1 heterocycles. The molecule has 0 aliphatic carbocycles. The first-order chi connectivity index (χ1) is 7.10. The molecule has 1 unspecified atom stereocenters. The van der Waals surface area contributed by atoms with Gasteiger partial charge in [0.05, 0.1) is 13.2 Å². The molecule has 2 amide bonds. The lowest BCUT2D eigenvalue weighted by Gasteiger charge is -2.23. The standard InChI is InChI=1S/C9H12N2O4/c1-2-4-10-8(14)11-9(7(12)13)3-5-15-6-9/h1H,3-6H2,(H,12,13)(H2,10,11,14). The molecule has 0 aromatic rings. The van der Waals surface area contributed by atoms with E-state index >= 15 is 0 Å². The van der Waals surface area contributed by atoms with Crippen molar-refractivity contribution in [2.45, 2.75) is 12.0 Å². The highest BCUT2D eigenvalue weighted by Gasteiger charge is 2.43. The SMILES string of the molecule is C#CCNC(=O)NC1(C(=O)O)CCOC1. The number of carbonyl (C=O) groups is 2. The molecule has 15 heavy (non-hydrogen) atoms. The van der Waals surface area contributed by atoms with Crippen LogP contribution in [0.3, 0.4) is 0 Å². The van der Waals surface area contributed by atoms with E-state index in [2.05, 4.69) is 16.6 Å². The van der Waals surface area contributed by atoms with Crippen LogP contribution >= 0.6 is 0 Å². The van der Waals surface area contributed by atoms with Gasteiger partial charge in [-0.15, -0.1) is 6.42 Å². The number of rotatable bonds is 3. The summed E-state index contributed by atoms with van der Waals surface area (Å²) in [5.74, 6) is 1.11. The predicted molar refractivity (Wildman–Crippen MR) is 51.2 cm³/mol. The second-order valence-corrected chi connectivity index (χ2v) is 3.20. The van der Waals surface area contributed by atoms with Crippen LogP contribution in [0.4, 0.5) is 4.79 Å². The Bertz CT molecular complexity index is 302. The van der Waals surface area contributed by atoms with Gasteiger partial charge in [0.25, 0.3) is 0 Å². The van der Waals surface area contributed by atoms with Crippen molar-refractivity contribution < 1.29 is 19.4 Å². The van der Waals surface area contributed by atoms with Crippen molar-refractivity contribution in [2.24, 2.45) is 0 Å². The second kappa shape index (κ2) is 4.66. The number of terminal acetylenes is 1. The normalized spacial score (nSPS) is 24.2. The van der Waals surface area contributed by atoms with E-state index in [9.17, 15) is 9.59 Å². The summed E-state index contributed by atoms with van der Waals surface area (Å²) in [6, 6.07) is -0.596. The molecule has 1 atom stereocenters. The summed E-state index contributed by atoms with van der Waals surface area (Å²) in [6.45, 7) is 0.357. The molecule has 1 aliphatic heterocycles. The molecule has 1 fully saturated rings. The first-order valence-electron chi connectivity index (χ1n) is 4.41. The summed E-state index contributed by atoms with van der Waals surface area (Å²) >= 11 is 0. The zero-order valence-corrected chi connectivity index (χ0v) is 8.08. The Morgan fingerprint density at radius 3 is 2.80 bits per heavy atom. The van der Waals surface area contributed by atoms with E-state index in [0.29, 0.717) is 6.61 Å². The van der Waals surface area contributed by atoms with Crippen LogP contribution in [-0.2, 0) is 9.53 Å². The third-order valence-electron chi connectivity index (χ3n) is 2.13. The molecule has 0 radical (unpaired) electrons. The molecule has 1 aliphatic rings. The van der Waals surface area contributed by atoms with E-state index in [4.69, 9.17) is 16.3 Å². The molecule has 6 heteroatoms. The largest absolute Gasteiger partial charge is 0.479 e. The Morgan fingerprint density at radius 1 is 1.60 bits per heavy atom. The van der Waals surface area contributed by atoms with Crippen LogP contribution in [0.5, 0.6) is 0 Å². The van der Waals surface area contributed by atoms with E-state index < -0.39 is 17.5 Å². The van der Waals surface area contributed by atoms with E-state index in [1.54, 1.807) is 0 Å². The summed E-state index contributed by atoms with van der Waals surface area (Å²) in [4.78, 5) is 22.2. The number of aliphatic carboxylic acids is 1. The molecule has 6 nitrogen and oxygen atoms in total. The van der Waals surface area contributed by atoms with Crippen molar-refractivity contribution in [3.63, 3.8) is 0 Å². The van der Waals surface area contributed by atoms with Crippen molar-refractivity contribution in [1.29, 1.82) is 0 Å². The maximum Gasteiger partial charge on any atom is 0.332 e. The van der Waals surface area contributed by atoms with Crippen LogP contribution in [0, 0.1) is 12.3 Å². The number of carboxylic acid groups (broad SMARTS) is 1. The lowest BCUT2D eigenvalue weighted by Crippen LogP contribution is -2.57. The Kier molecular flexibility index (Phi) is 3.52. The van der Waals surface area contributed by atoms with Gasteiger partial charge in [-0.3, -0.25) is 0 Å². The number of ether oxygens (including phenoxy) is 1. The minimum absolute atomic E-state index is 0.0220. The van der Waals surface area contributed by atoms with Gasteiger partial charge in [0.15, 0.2) is 5.54 Å². The smallest absolute Gasteiger partial charge is 0.332 e. The average molecular weight is 212 g/mol. The Hall–Kier alpha value is -1.74. The first kappa shape index (κ1) is 11.3. The van der Waals surface area contributed by atoms with Gasteiger partial charge in [-0.1, -0.05) is 5.92 Å². The van der Waals surface area contributed by atoms with Crippen LogP contribution in [0.25, 0.3) is 0 Å². The highest BCUT2D eigenvalue weighted by atomic mass is 16.5. The topological polar surface area (TPSA) is 87.7 Å². The molecule has 0 saturated carbocycles. The third kappa shape index (κ3) is 2.60. The van der Waals surface area contributed by atoms with Gasteiger partial charge in [-0.2, -0.15) is 0 Å². The van der Waals surface area contributed by atoms with E-state index in [1.807, 2.05) is 0 Å². The fourth-order valence-electron chi connectivity index (χ4n) is 1.28. The van der Waals surface area contributed by atoms with Gasteiger partial charge in [-0.05, 0) is 0 Å². The van der Waals surface area contributed by atoms with E-state index in [0.717, 1.165) is 0 Å². The minimum atomic E-state index is -1.32. The number of nitrogens with one attached hydrogen (secondary N) is 2. The van der Waals surface area contributed by atoms with Crippen LogP contribution in [0.2, 0.25) is 0 Å². The fourth-order valence-corrected chi connectivity index (χ4v) is 1.28. The zero-order chi connectivity index (χ0) is 11.3. The van der Waals surface area contributed by atoms with Crippen molar-refractivity contribution in [3.8, 4) is 12.3 Å². The zero-order valence-electron chi connectivity index (χ0n) is 8.08. The Balaban J connectivity index is 2.56. The average Bonchev–Trinajstić information content (AvgIpc) is 2.64. The van der Waals surface area contributed by atoms with Gasteiger partial charge < -0.3 is 20.5 Å². The van der Waals surface area contributed by atoms with Crippen LogP contribution in [0.15, 0.2) is 0 Å². The van der Waals surface area contributed by atoms with Gasteiger partial charge in [-0.25, -0.2) is 9.59 Å². The summed E-state index contributed by atoms with van der Waals surface area (Å²) in [5, 5.41) is 13.7. The molecule has 0 bridgehead atoms. The number of carboxylic acids is 1. The van der Waals surface area contributed by atoms with Gasteiger partial charge >= 0.3 is 12.0 Å². The number of amides is 2. The van der Waals surface area contributed by atoms with Crippen molar-refractivity contribution in [2.75, 3.05) is 19.8 Å². The highest BCUT2D eigenvalue weighted by Crippen LogP contribution is 2.18. The Labute approximate surface area is 87.0 Å². The lowest BCUT2D eigenvalue weighted by atomic mass is 9.99. The predicted octanol–water partition coefficient (Wildman–Crippen LogP) is -0.837. The van der Waals surface area contributed by atoms with E-state index in [1.165, 1.54) is 0 Å². The summed E-state index contributed by atoms with van der Waals surface area (Å²) < 4.78 is 4.96. The Morgan fingerprint density at radius 2 is 2.33 bits per heavy atom. The maximum absolute atomic E-state index is 11.2. The fraction of sp³-hybridized carbons (Fsp3) is 0.556. The second-order valence-electron chi connectivity index (χ2n) is 3.20. The third-order valence-corrected chi connectivity index (χ3v) is 2.13. The first-order valence-corrected chi connectivity index (χ1v) is 4.41. The highest BCUT2D eigenvalue weighted by molar-refractivity contribution is 5.86. The molecule has 0 spiro atoms. The van der Waals surface area contributed by atoms with E-state index in [-0.39, 0.29) is 19.6 Å². The molecule has 0 aromatic heterocycles. The number of hydrogen-bond acceptors (Lipinski definition) is 3. The van der Waals surface area contributed by atoms with Crippen LogP contribution < -0.4 is 10.6 Å². The van der Waals surface area contributed by atoms with Crippen LogP contribution in [0.1, 0.15) is 6.42 Å². The molecule has 82 valence electrons. The summed E-state index contributed by atoms with van der Waals surface area (Å²) in [7, 11) is 0.